The average Bonchev–Trinajstić information content (AvgIpc) is 2.86. The Labute approximate surface area is 115 Å². The maximum absolute atomic E-state index is 6.02. The molecule has 0 saturated carbocycles. The number of likely N-dealkylation sites (N-methyl/N-ethyl adjacent to an activating group) is 2. The van der Waals surface area contributed by atoms with Gasteiger partial charge in [-0.15, -0.1) is 0 Å². The van der Waals surface area contributed by atoms with Crippen molar-refractivity contribution in [1.29, 1.82) is 0 Å². The molecule has 19 heavy (non-hydrogen) atoms. The first-order chi connectivity index (χ1) is 9.22. The third kappa shape index (κ3) is 3.85. The molecule has 1 aromatic carbocycles. The lowest BCUT2D eigenvalue weighted by Crippen LogP contribution is -2.31. The number of nitrogens with one attached hydrogen (secondary N) is 1. The number of hydrogen-bond acceptors (Lipinski definition) is 4. The maximum atomic E-state index is 6.02. The number of anilines is 1. The highest BCUT2D eigenvalue weighted by Gasteiger charge is 2.25. The number of benzene rings is 1. The lowest BCUT2D eigenvalue weighted by atomic mass is 10.2. The van der Waals surface area contributed by atoms with Crippen LogP contribution in [0.4, 0.5) is 5.69 Å². The zero-order chi connectivity index (χ0) is 13.7. The summed E-state index contributed by atoms with van der Waals surface area (Å²) in [6, 6.07) is 8.14. The molecule has 1 saturated heterocycles. The van der Waals surface area contributed by atoms with Crippen molar-refractivity contribution in [3.63, 3.8) is 0 Å². The second-order valence-corrected chi connectivity index (χ2v) is 5.10. The maximum Gasteiger partial charge on any atom is 0.120 e. The summed E-state index contributed by atoms with van der Waals surface area (Å²) in [7, 11) is 5.77. The molecule has 1 aliphatic heterocycles. The minimum atomic E-state index is 0.328. The van der Waals surface area contributed by atoms with Crippen LogP contribution in [0.3, 0.4) is 0 Å². The Hall–Kier alpha value is -1.26. The second-order valence-electron chi connectivity index (χ2n) is 5.10. The minimum absolute atomic E-state index is 0.328. The van der Waals surface area contributed by atoms with Crippen LogP contribution in [0.15, 0.2) is 24.3 Å². The average molecular weight is 264 g/mol. The third-order valence-electron chi connectivity index (χ3n) is 3.60. The summed E-state index contributed by atoms with van der Waals surface area (Å²) in [6.45, 7) is 1.87. The first-order valence-corrected chi connectivity index (χ1v) is 6.88. The number of hydrogen-bond donors (Lipinski definition) is 1. The quantitative estimate of drug-likeness (QED) is 0.851. The Balaban J connectivity index is 1.88. The van der Waals surface area contributed by atoms with E-state index in [0.717, 1.165) is 31.7 Å². The molecule has 2 unspecified atom stereocenters. The van der Waals surface area contributed by atoms with Crippen LogP contribution in [-0.2, 0) is 4.74 Å². The van der Waals surface area contributed by atoms with Gasteiger partial charge in [-0.3, -0.25) is 0 Å². The first kappa shape index (κ1) is 14.2. The number of rotatable bonds is 6. The van der Waals surface area contributed by atoms with Crippen LogP contribution in [0.5, 0.6) is 5.75 Å². The van der Waals surface area contributed by atoms with E-state index in [1.807, 2.05) is 19.2 Å². The van der Waals surface area contributed by atoms with E-state index >= 15 is 0 Å². The minimum Gasteiger partial charge on any atom is -0.497 e. The highest BCUT2D eigenvalue weighted by Crippen LogP contribution is 2.24. The zero-order valence-corrected chi connectivity index (χ0v) is 12.1. The number of methoxy groups -OCH3 is 1. The molecule has 2 rings (SSSR count). The van der Waals surface area contributed by atoms with Gasteiger partial charge in [-0.1, -0.05) is 6.07 Å². The molecule has 1 N–H and O–H groups in total. The van der Waals surface area contributed by atoms with Gasteiger partial charge in [0.1, 0.15) is 5.75 Å². The number of nitrogens with zero attached hydrogens (tertiary/aromatic N) is 1. The zero-order valence-electron chi connectivity index (χ0n) is 12.1. The molecular weight excluding hydrogens is 240 g/mol. The van der Waals surface area contributed by atoms with Gasteiger partial charge in [0, 0.05) is 31.9 Å². The fourth-order valence-corrected chi connectivity index (χ4v) is 2.55. The standard InChI is InChI=1S/C15H24N2O2/c1-16-10-14-7-8-15(19-14)11-17(2)12-5-4-6-13(9-12)18-3/h4-6,9,14-16H,7-8,10-11H2,1-3H3. The van der Waals surface area contributed by atoms with Crippen molar-refractivity contribution in [2.24, 2.45) is 0 Å². The summed E-state index contributed by atoms with van der Waals surface area (Å²) in [4.78, 5) is 2.23. The summed E-state index contributed by atoms with van der Waals surface area (Å²) in [6.07, 6.45) is 2.99. The van der Waals surface area contributed by atoms with Crippen LogP contribution >= 0.6 is 0 Å². The highest BCUT2D eigenvalue weighted by atomic mass is 16.5. The van der Waals surface area contributed by atoms with Gasteiger partial charge in [-0.2, -0.15) is 0 Å². The fourth-order valence-electron chi connectivity index (χ4n) is 2.55. The van der Waals surface area contributed by atoms with Gasteiger partial charge < -0.3 is 19.7 Å². The van der Waals surface area contributed by atoms with Crippen molar-refractivity contribution in [2.75, 3.05) is 39.2 Å². The monoisotopic (exact) mass is 264 g/mol. The highest BCUT2D eigenvalue weighted by molar-refractivity contribution is 5.50. The molecule has 2 atom stereocenters. The van der Waals surface area contributed by atoms with E-state index in [9.17, 15) is 0 Å². The van der Waals surface area contributed by atoms with Gasteiger partial charge in [0.05, 0.1) is 19.3 Å². The molecule has 106 valence electrons. The predicted octanol–water partition coefficient (Wildman–Crippen LogP) is 1.90. The van der Waals surface area contributed by atoms with Crippen molar-refractivity contribution in [3.05, 3.63) is 24.3 Å². The molecule has 4 nitrogen and oxygen atoms in total. The van der Waals surface area contributed by atoms with E-state index in [2.05, 4.69) is 29.4 Å². The van der Waals surface area contributed by atoms with Crippen molar-refractivity contribution in [1.82, 2.24) is 5.32 Å². The molecule has 4 heteroatoms. The van der Waals surface area contributed by atoms with E-state index in [1.165, 1.54) is 5.69 Å². The SMILES string of the molecule is CNCC1CCC(CN(C)c2cccc(OC)c2)O1. The topological polar surface area (TPSA) is 33.7 Å². The molecule has 1 fully saturated rings. The number of ether oxygens (including phenoxy) is 2. The molecule has 1 aromatic rings. The lowest BCUT2D eigenvalue weighted by molar-refractivity contribution is 0.0511. The van der Waals surface area contributed by atoms with Gasteiger partial charge in [0.2, 0.25) is 0 Å². The molecule has 1 aliphatic rings. The van der Waals surface area contributed by atoms with Crippen LogP contribution in [0.2, 0.25) is 0 Å². The summed E-state index contributed by atoms with van der Waals surface area (Å²) in [5, 5.41) is 3.18. The predicted molar refractivity (Wildman–Crippen MR) is 78.1 cm³/mol. The lowest BCUT2D eigenvalue weighted by Gasteiger charge is -2.23. The Bertz CT molecular complexity index is 397. The van der Waals surface area contributed by atoms with Gasteiger partial charge in [0.15, 0.2) is 0 Å². The van der Waals surface area contributed by atoms with Crippen LogP contribution < -0.4 is 15.0 Å². The smallest absolute Gasteiger partial charge is 0.120 e. The van der Waals surface area contributed by atoms with Crippen LogP contribution in [0.1, 0.15) is 12.8 Å². The molecule has 0 radical (unpaired) electrons. The summed E-state index contributed by atoms with van der Waals surface area (Å²) < 4.78 is 11.3. The van der Waals surface area contributed by atoms with E-state index in [4.69, 9.17) is 9.47 Å². The van der Waals surface area contributed by atoms with E-state index in [-0.39, 0.29) is 0 Å². The van der Waals surface area contributed by atoms with E-state index in [1.54, 1.807) is 7.11 Å². The third-order valence-corrected chi connectivity index (χ3v) is 3.60. The Morgan fingerprint density at radius 2 is 2.16 bits per heavy atom. The van der Waals surface area contributed by atoms with Crippen molar-refractivity contribution < 1.29 is 9.47 Å². The Kier molecular flexibility index (Phi) is 5.05. The van der Waals surface area contributed by atoms with Crippen molar-refractivity contribution in [3.8, 4) is 5.75 Å². The molecule has 1 heterocycles. The van der Waals surface area contributed by atoms with Crippen LogP contribution in [0.25, 0.3) is 0 Å². The molecular formula is C15H24N2O2. The largest absolute Gasteiger partial charge is 0.497 e. The second kappa shape index (κ2) is 6.78. The van der Waals surface area contributed by atoms with Gasteiger partial charge >= 0.3 is 0 Å². The molecule has 0 bridgehead atoms. The molecule has 0 amide bonds. The molecule has 0 spiro atoms. The fraction of sp³-hybridized carbons (Fsp3) is 0.600. The normalized spacial score (nSPS) is 22.5. The summed E-state index contributed by atoms with van der Waals surface area (Å²) in [5.41, 5.74) is 1.17. The van der Waals surface area contributed by atoms with Crippen LogP contribution in [0, 0.1) is 0 Å². The first-order valence-electron chi connectivity index (χ1n) is 6.88. The van der Waals surface area contributed by atoms with Crippen LogP contribution in [-0.4, -0.2) is 46.5 Å². The van der Waals surface area contributed by atoms with Gasteiger partial charge in [-0.05, 0) is 32.0 Å². The summed E-state index contributed by atoms with van der Waals surface area (Å²) in [5.74, 6) is 0.893. The van der Waals surface area contributed by atoms with Crippen molar-refractivity contribution in [2.45, 2.75) is 25.0 Å². The summed E-state index contributed by atoms with van der Waals surface area (Å²) >= 11 is 0. The molecule has 0 aromatic heterocycles. The van der Waals surface area contributed by atoms with E-state index < -0.39 is 0 Å². The van der Waals surface area contributed by atoms with Gasteiger partial charge in [0.25, 0.3) is 0 Å². The van der Waals surface area contributed by atoms with E-state index in [0.29, 0.717) is 12.2 Å². The molecule has 0 aliphatic carbocycles. The van der Waals surface area contributed by atoms with Gasteiger partial charge in [-0.25, -0.2) is 0 Å². The van der Waals surface area contributed by atoms with Crippen molar-refractivity contribution >= 4 is 5.69 Å². The Morgan fingerprint density at radius 3 is 2.89 bits per heavy atom. The Morgan fingerprint density at radius 1 is 1.37 bits per heavy atom.